The minimum atomic E-state index is -1.85. The minimum absolute atomic E-state index is 0.571. The molecule has 1 fully saturated rings. The topological polar surface area (TPSA) is 69.9 Å². The average Bonchev–Trinajstić information content (AvgIpc) is 3.23. The highest BCUT2D eigenvalue weighted by atomic mass is 35.5. The summed E-state index contributed by atoms with van der Waals surface area (Å²) in [7, 11) is 0. The lowest BCUT2D eigenvalue weighted by Crippen LogP contribution is -2.53. The van der Waals surface area contributed by atoms with Gasteiger partial charge in [0.25, 0.3) is 0 Å². The van der Waals surface area contributed by atoms with E-state index in [0.717, 1.165) is 20.9 Å². The summed E-state index contributed by atoms with van der Waals surface area (Å²) in [5.41, 5.74) is 2.56. The first-order valence-electron chi connectivity index (χ1n) is 9.67. The molecule has 5 atom stereocenters. The van der Waals surface area contributed by atoms with E-state index in [-0.39, 0.29) is 0 Å². The summed E-state index contributed by atoms with van der Waals surface area (Å²) in [5.74, 6) is 0. The SMILES string of the molecule is OCC1OC(c2ccc(Cl)c(Cc3ccc(-c4ccccc4)s3)c2)[C@H](O)C(O)C1F. The van der Waals surface area contributed by atoms with Gasteiger partial charge in [0.1, 0.15) is 24.4 Å². The van der Waals surface area contributed by atoms with Gasteiger partial charge in [0.15, 0.2) is 6.17 Å². The Kier molecular flexibility index (Phi) is 6.53. The van der Waals surface area contributed by atoms with Crippen molar-refractivity contribution in [2.45, 2.75) is 37.0 Å². The second-order valence-corrected chi connectivity index (χ2v) is 8.94. The fourth-order valence-electron chi connectivity index (χ4n) is 3.68. The van der Waals surface area contributed by atoms with Crippen molar-refractivity contribution in [1.82, 2.24) is 0 Å². The zero-order valence-corrected chi connectivity index (χ0v) is 17.6. The Labute approximate surface area is 183 Å². The molecule has 3 N–H and O–H groups in total. The third-order valence-electron chi connectivity index (χ3n) is 5.33. The first kappa shape index (κ1) is 21.4. The highest BCUT2D eigenvalue weighted by Gasteiger charge is 2.45. The summed E-state index contributed by atoms with van der Waals surface area (Å²) >= 11 is 8.08. The van der Waals surface area contributed by atoms with Crippen LogP contribution in [0, 0.1) is 0 Å². The van der Waals surface area contributed by atoms with E-state index in [1.807, 2.05) is 18.2 Å². The van der Waals surface area contributed by atoms with Crippen LogP contribution in [0.3, 0.4) is 0 Å². The normalized spacial score (nSPS) is 26.6. The molecule has 0 aliphatic carbocycles. The van der Waals surface area contributed by atoms with E-state index in [1.54, 1.807) is 29.5 Å². The summed E-state index contributed by atoms with van der Waals surface area (Å²) < 4.78 is 19.6. The van der Waals surface area contributed by atoms with Crippen LogP contribution in [-0.4, -0.2) is 46.4 Å². The predicted molar refractivity (Wildman–Crippen MR) is 116 cm³/mol. The quantitative estimate of drug-likeness (QED) is 0.548. The summed E-state index contributed by atoms with van der Waals surface area (Å²) in [5, 5.41) is 30.2. The molecule has 2 heterocycles. The molecule has 1 saturated heterocycles. The maximum absolute atomic E-state index is 14.0. The smallest absolute Gasteiger partial charge is 0.157 e. The molecule has 0 radical (unpaired) electrons. The van der Waals surface area contributed by atoms with E-state index in [9.17, 15) is 19.7 Å². The van der Waals surface area contributed by atoms with Gasteiger partial charge in [-0.2, -0.15) is 0 Å². The fraction of sp³-hybridized carbons (Fsp3) is 0.304. The summed E-state index contributed by atoms with van der Waals surface area (Å²) in [6.45, 7) is -0.584. The average molecular weight is 449 g/mol. The van der Waals surface area contributed by atoms with Crippen molar-refractivity contribution in [3.05, 3.63) is 81.7 Å². The number of aliphatic hydroxyl groups excluding tert-OH is 3. The van der Waals surface area contributed by atoms with Crippen molar-refractivity contribution < 1.29 is 24.4 Å². The van der Waals surface area contributed by atoms with Crippen LogP contribution in [0.1, 0.15) is 22.1 Å². The molecule has 0 amide bonds. The van der Waals surface area contributed by atoms with Gasteiger partial charge >= 0.3 is 0 Å². The largest absolute Gasteiger partial charge is 0.394 e. The zero-order valence-electron chi connectivity index (χ0n) is 16.0. The second kappa shape index (κ2) is 9.14. The molecular formula is C23H22ClFO4S. The van der Waals surface area contributed by atoms with E-state index in [4.69, 9.17) is 16.3 Å². The Balaban J connectivity index is 1.57. The van der Waals surface area contributed by atoms with Crippen molar-refractivity contribution in [2.75, 3.05) is 6.61 Å². The van der Waals surface area contributed by atoms with E-state index >= 15 is 0 Å². The van der Waals surface area contributed by atoms with Crippen LogP contribution in [0.2, 0.25) is 5.02 Å². The molecule has 0 spiro atoms. The Morgan fingerprint density at radius 2 is 1.77 bits per heavy atom. The summed E-state index contributed by atoms with van der Waals surface area (Å²) in [6, 6.07) is 19.4. The Morgan fingerprint density at radius 1 is 1.00 bits per heavy atom. The van der Waals surface area contributed by atoms with Crippen LogP contribution >= 0.6 is 22.9 Å². The lowest BCUT2D eigenvalue weighted by Gasteiger charge is -2.39. The number of benzene rings is 2. The minimum Gasteiger partial charge on any atom is -0.394 e. The fourth-order valence-corrected chi connectivity index (χ4v) is 4.90. The van der Waals surface area contributed by atoms with Crippen molar-refractivity contribution in [1.29, 1.82) is 0 Å². The van der Waals surface area contributed by atoms with Gasteiger partial charge in [-0.05, 0) is 34.9 Å². The number of hydrogen-bond donors (Lipinski definition) is 3. The third-order valence-corrected chi connectivity index (χ3v) is 6.83. The van der Waals surface area contributed by atoms with Crippen molar-refractivity contribution in [2.24, 2.45) is 0 Å². The van der Waals surface area contributed by atoms with Crippen LogP contribution in [-0.2, 0) is 11.2 Å². The van der Waals surface area contributed by atoms with Crippen LogP contribution in [0.25, 0.3) is 10.4 Å². The van der Waals surface area contributed by atoms with Gasteiger partial charge in [-0.1, -0.05) is 54.1 Å². The van der Waals surface area contributed by atoms with Crippen LogP contribution in [0.5, 0.6) is 0 Å². The number of rotatable bonds is 5. The molecule has 3 aromatic rings. The number of aliphatic hydroxyl groups is 3. The summed E-state index contributed by atoms with van der Waals surface area (Å²) in [6.07, 6.45) is -6.49. The van der Waals surface area contributed by atoms with Crippen molar-refractivity contribution >= 4 is 22.9 Å². The van der Waals surface area contributed by atoms with E-state index < -0.39 is 37.2 Å². The lowest BCUT2D eigenvalue weighted by atomic mass is 9.91. The highest BCUT2D eigenvalue weighted by Crippen LogP contribution is 2.36. The molecule has 158 valence electrons. The number of thiophene rings is 1. The number of hydrogen-bond acceptors (Lipinski definition) is 5. The predicted octanol–water partition coefficient (Wildman–Crippen LogP) is 4.15. The third kappa shape index (κ3) is 4.30. The van der Waals surface area contributed by atoms with E-state index in [1.165, 1.54) is 0 Å². The number of ether oxygens (including phenoxy) is 1. The number of alkyl halides is 1. The van der Waals surface area contributed by atoms with Gasteiger partial charge in [0, 0.05) is 21.2 Å². The van der Waals surface area contributed by atoms with E-state index in [0.29, 0.717) is 17.0 Å². The zero-order chi connectivity index (χ0) is 21.3. The Morgan fingerprint density at radius 3 is 2.50 bits per heavy atom. The number of halogens is 2. The van der Waals surface area contributed by atoms with Crippen molar-refractivity contribution in [3.63, 3.8) is 0 Å². The Hall–Kier alpha value is -1.80. The van der Waals surface area contributed by atoms with Gasteiger partial charge in [0.2, 0.25) is 0 Å². The first-order chi connectivity index (χ1) is 14.5. The molecule has 4 nitrogen and oxygen atoms in total. The van der Waals surface area contributed by atoms with E-state index in [2.05, 4.69) is 24.3 Å². The molecular weight excluding hydrogens is 427 g/mol. The van der Waals surface area contributed by atoms with Gasteiger partial charge in [0.05, 0.1) is 6.61 Å². The molecule has 0 bridgehead atoms. The maximum atomic E-state index is 14.0. The second-order valence-electron chi connectivity index (χ2n) is 7.36. The molecule has 1 aliphatic rings. The highest BCUT2D eigenvalue weighted by molar-refractivity contribution is 7.15. The van der Waals surface area contributed by atoms with Gasteiger partial charge in [-0.3, -0.25) is 0 Å². The van der Waals surface area contributed by atoms with Gasteiger partial charge < -0.3 is 20.1 Å². The van der Waals surface area contributed by atoms with Gasteiger partial charge in [-0.25, -0.2) is 4.39 Å². The summed E-state index contributed by atoms with van der Waals surface area (Å²) in [4.78, 5) is 2.28. The molecule has 4 rings (SSSR count). The molecule has 30 heavy (non-hydrogen) atoms. The van der Waals surface area contributed by atoms with Crippen LogP contribution in [0.4, 0.5) is 4.39 Å². The molecule has 1 aromatic heterocycles. The van der Waals surface area contributed by atoms with Crippen molar-refractivity contribution in [3.8, 4) is 10.4 Å². The maximum Gasteiger partial charge on any atom is 0.157 e. The molecule has 1 aliphatic heterocycles. The molecule has 4 unspecified atom stereocenters. The monoisotopic (exact) mass is 448 g/mol. The van der Waals surface area contributed by atoms with Crippen LogP contribution in [0.15, 0.2) is 60.7 Å². The first-order valence-corrected chi connectivity index (χ1v) is 10.9. The van der Waals surface area contributed by atoms with Crippen LogP contribution < -0.4 is 0 Å². The van der Waals surface area contributed by atoms with Gasteiger partial charge in [-0.15, -0.1) is 11.3 Å². The standard InChI is InChI=1S/C23H22ClFO4S/c24-17-8-6-14(23-22(28)21(27)20(25)18(12-26)29-23)10-15(17)11-16-7-9-19(30-16)13-4-2-1-3-5-13/h1-10,18,20-23,26-28H,11-12H2/t18?,20?,21?,22-,23?/m1/s1. The lowest BCUT2D eigenvalue weighted by molar-refractivity contribution is -0.214. The molecule has 2 aromatic carbocycles. The molecule has 0 saturated carbocycles. The molecule has 7 heteroatoms. The Bertz CT molecular complexity index is 994.